The highest BCUT2D eigenvalue weighted by atomic mass is 16.5. The van der Waals surface area contributed by atoms with E-state index in [0.29, 0.717) is 17.1 Å². The Hall–Kier alpha value is -2.49. The van der Waals surface area contributed by atoms with E-state index >= 15 is 0 Å². The third-order valence-corrected chi connectivity index (χ3v) is 2.41. The normalized spacial score (nSPS) is 10.1. The SMILES string of the molecule is CC(=O)Oc1cc(N)cc(-c2cccc(N)c2)c1. The predicted molar refractivity (Wildman–Crippen MR) is 72.0 cm³/mol. The number of ether oxygens (including phenoxy) is 1. The van der Waals surface area contributed by atoms with Gasteiger partial charge in [-0.25, -0.2) is 0 Å². The van der Waals surface area contributed by atoms with E-state index in [1.54, 1.807) is 12.1 Å². The minimum atomic E-state index is -0.376. The Morgan fingerprint density at radius 3 is 2.39 bits per heavy atom. The van der Waals surface area contributed by atoms with Crippen LogP contribution in [-0.4, -0.2) is 5.97 Å². The number of esters is 1. The van der Waals surface area contributed by atoms with Crippen LogP contribution in [0, 0.1) is 0 Å². The van der Waals surface area contributed by atoms with Crippen LogP contribution >= 0.6 is 0 Å². The molecule has 4 nitrogen and oxygen atoms in total. The van der Waals surface area contributed by atoms with E-state index in [9.17, 15) is 4.79 Å². The molecule has 0 radical (unpaired) electrons. The number of carbonyl (C=O) groups excluding carboxylic acids is 1. The van der Waals surface area contributed by atoms with Crippen LogP contribution in [0.25, 0.3) is 11.1 Å². The van der Waals surface area contributed by atoms with Crippen molar-refractivity contribution < 1.29 is 9.53 Å². The lowest BCUT2D eigenvalue weighted by Gasteiger charge is -2.08. The molecule has 92 valence electrons. The number of anilines is 2. The Morgan fingerprint density at radius 2 is 1.72 bits per heavy atom. The van der Waals surface area contributed by atoms with Gasteiger partial charge in [0.15, 0.2) is 0 Å². The van der Waals surface area contributed by atoms with Crippen LogP contribution in [-0.2, 0) is 4.79 Å². The smallest absolute Gasteiger partial charge is 0.308 e. The molecule has 2 aromatic carbocycles. The van der Waals surface area contributed by atoms with Gasteiger partial charge < -0.3 is 16.2 Å². The Bertz CT molecular complexity index is 594. The van der Waals surface area contributed by atoms with Gasteiger partial charge in [-0.05, 0) is 35.4 Å². The quantitative estimate of drug-likeness (QED) is 0.481. The second kappa shape index (κ2) is 4.79. The summed E-state index contributed by atoms with van der Waals surface area (Å²) in [6.45, 7) is 1.35. The molecule has 18 heavy (non-hydrogen) atoms. The molecule has 2 rings (SSSR count). The van der Waals surface area contributed by atoms with E-state index in [-0.39, 0.29) is 5.97 Å². The molecule has 0 unspecified atom stereocenters. The first kappa shape index (κ1) is 12.0. The molecule has 4 heteroatoms. The number of carbonyl (C=O) groups is 1. The summed E-state index contributed by atoms with van der Waals surface area (Å²) in [5.74, 6) is 0.0547. The summed E-state index contributed by atoms with van der Waals surface area (Å²) in [7, 11) is 0. The van der Waals surface area contributed by atoms with Crippen LogP contribution < -0.4 is 16.2 Å². The molecule has 2 aromatic rings. The highest BCUT2D eigenvalue weighted by Crippen LogP contribution is 2.28. The fraction of sp³-hybridized carbons (Fsp3) is 0.0714. The van der Waals surface area contributed by atoms with E-state index in [2.05, 4.69) is 0 Å². The van der Waals surface area contributed by atoms with Crippen molar-refractivity contribution in [1.29, 1.82) is 0 Å². The molecule has 0 amide bonds. The van der Waals surface area contributed by atoms with Crippen LogP contribution in [0.4, 0.5) is 11.4 Å². The van der Waals surface area contributed by atoms with Crippen LogP contribution in [0.3, 0.4) is 0 Å². The lowest BCUT2D eigenvalue weighted by atomic mass is 10.0. The Morgan fingerprint density at radius 1 is 1.00 bits per heavy atom. The molecule has 0 fully saturated rings. The average molecular weight is 242 g/mol. The minimum absolute atomic E-state index is 0.376. The summed E-state index contributed by atoms with van der Waals surface area (Å²) < 4.78 is 5.04. The average Bonchev–Trinajstić information content (AvgIpc) is 2.27. The molecule has 0 saturated heterocycles. The van der Waals surface area contributed by atoms with Crippen molar-refractivity contribution in [2.75, 3.05) is 11.5 Å². The maximum absolute atomic E-state index is 10.9. The van der Waals surface area contributed by atoms with Crippen LogP contribution in [0.2, 0.25) is 0 Å². The largest absolute Gasteiger partial charge is 0.427 e. The van der Waals surface area contributed by atoms with Gasteiger partial charge in [0, 0.05) is 24.4 Å². The van der Waals surface area contributed by atoms with Gasteiger partial charge in [0.1, 0.15) is 5.75 Å². The topological polar surface area (TPSA) is 78.3 Å². The summed E-state index contributed by atoms with van der Waals surface area (Å²) in [4.78, 5) is 10.9. The summed E-state index contributed by atoms with van der Waals surface area (Å²) >= 11 is 0. The first-order chi connectivity index (χ1) is 8.54. The zero-order valence-corrected chi connectivity index (χ0v) is 10.0. The summed E-state index contributed by atoms with van der Waals surface area (Å²) in [6.07, 6.45) is 0. The van der Waals surface area contributed by atoms with E-state index in [1.165, 1.54) is 6.92 Å². The number of hydrogen-bond acceptors (Lipinski definition) is 4. The number of benzene rings is 2. The third-order valence-electron chi connectivity index (χ3n) is 2.41. The van der Waals surface area contributed by atoms with Gasteiger partial charge in [0.2, 0.25) is 0 Å². The molecule has 0 aliphatic rings. The number of nitrogens with two attached hydrogens (primary N) is 2. The molecule has 0 atom stereocenters. The fourth-order valence-corrected chi connectivity index (χ4v) is 1.73. The van der Waals surface area contributed by atoms with Crippen molar-refractivity contribution in [3.8, 4) is 16.9 Å². The lowest BCUT2D eigenvalue weighted by molar-refractivity contribution is -0.131. The molecule has 0 aliphatic carbocycles. The van der Waals surface area contributed by atoms with Crippen molar-refractivity contribution in [1.82, 2.24) is 0 Å². The van der Waals surface area contributed by atoms with Gasteiger partial charge in [-0.15, -0.1) is 0 Å². The third kappa shape index (κ3) is 2.79. The summed E-state index contributed by atoms with van der Waals surface area (Å²) in [5.41, 5.74) is 14.5. The second-order valence-corrected chi connectivity index (χ2v) is 4.01. The van der Waals surface area contributed by atoms with Crippen LogP contribution in [0.15, 0.2) is 42.5 Å². The Balaban J connectivity index is 2.44. The molecule has 4 N–H and O–H groups in total. The zero-order chi connectivity index (χ0) is 13.1. The maximum atomic E-state index is 10.9. The van der Waals surface area contributed by atoms with Crippen molar-refractivity contribution in [2.24, 2.45) is 0 Å². The molecule has 0 aliphatic heterocycles. The van der Waals surface area contributed by atoms with Gasteiger partial charge in [0.25, 0.3) is 0 Å². The van der Waals surface area contributed by atoms with E-state index < -0.39 is 0 Å². The highest BCUT2D eigenvalue weighted by Gasteiger charge is 2.05. The highest BCUT2D eigenvalue weighted by molar-refractivity contribution is 5.75. The summed E-state index contributed by atoms with van der Waals surface area (Å²) in [5, 5.41) is 0. The molecule has 0 heterocycles. The maximum Gasteiger partial charge on any atom is 0.308 e. The molecule has 0 aromatic heterocycles. The minimum Gasteiger partial charge on any atom is -0.427 e. The fourth-order valence-electron chi connectivity index (χ4n) is 1.73. The Labute approximate surface area is 105 Å². The Kier molecular flexibility index (Phi) is 3.19. The van der Waals surface area contributed by atoms with Crippen molar-refractivity contribution in [2.45, 2.75) is 6.92 Å². The van der Waals surface area contributed by atoms with Gasteiger partial charge in [-0.1, -0.05) is 12.1 Å². The van der Waals surface area contributed by atoms with Gasteiger partial charge in [0.05, 0.1) is 0 Å². The van der Waals surface area contributed by atoms with Gasteiger partial charge in [-0.2, -0.15) is 0 Å². The number of nitrogen functional groups attached to an aromatic ring is 2. The lowest BCUT2D eigenvalue weighted by Crippen LogP contribution is -2.02. The van der Waals surface area contributed by atoms with Crippen molar-refractivity contribution in [3.05, 3.63) is 42.5 Å². The van der Waals surface area contributed by atoms with Crippen LogP contribution in [0.5, 0.6) is 5.75 Å². The number of rotatable bonds is 2. The standard InChI is InChI=1S/C14H14N2O2/c1-9(17)18-14-7-11(6-13(16)8-14)10-3-2-4-12(15)5-10/h2-8H,15-16H2,1H3. The molecular weight excluding hydrogens is 228 g/mol. The van der Waals surface area contributed by atoms with Crippen molar-refractivity contribution in [3.63, 3.8) is 0 Å². The van der Waals surface area contributed by atoms with Crippen molar-refractivity contribution >= 4 is 17.3 Å². The first-order valence-corrected chi connectivity index (χ1v) is 5.49. The van der Waals surface area contributed by atoms with E-state index in [4.69, 9.17) is 16.2 Å². The first-order valence-electron chi connectivity index (χ1n) is 5.49. The monoisotopic (exact) mass is 242 g/mol. The molecule has 0 spiro atoms. The predicted octanol–water partition coefficient (Wildman–Crippen LogP) is 2.44. The molecule has 0 bridgehead atoms. The zero-order valence-electron chi connectivity index (χ0n) is 10.0. The van der Waals surface area contributed by atoms with Crippen LogP contribution in [0.1, 0.15) is 6.92 Å². The van der Waals surface area contributed by atoms with Gasteiger partial charge >= 0.3 is 5.97 Å². The summed E-state index contributed by atoms with van der Waals surface area (Å²) in [6, 6.07) is 12.6. The van der Waals surface area contributed by atoms with E-state index in [0.717, 1.165) is 11.1 Å². The second-order valence-electron chi connectivity index (χ2n) is 4.01. The number of hydrogen-bond donors (Lipinski definition) is 2. The van der Waals surface area contributed by atoms with Gasteiger partial charge in [-0.3, -0.25) is 4.79 Å². The molecule has 0 saturated carbocycles. The van der Waals surface area contributed by atoms with E-state index in [1.807, 2.05) is 30.3 Å². The molecular formula is C14H14N2O2.